The van der Waals surface area contributed by atoms with Crippen LogP contribution in [0.1, 0.15) is 24.2 Å². The Morgan fingerprint density at radius 2 is 2.36 bits per heavy atom. The molecule has 1 amide bonds. The molecule has 0 fully saturated rings. The van der Waals surface area contributed by atoms with E-state index in [2.05, 4.69) is 10.3 Å². The van der Waals surface area contributed by atoms with Crippen molar-refractivity contribution in [2.45, 2.75) is 13.8 Å². The molecule has 14 heavy (non-hydrogen) atoms. The van der Waals surface area contributed by atoms with Gasteiger partial charge in [-0.3, -0.25) is 4.79 Å². The fourth-order valence-electron chi connectivity index (χ4n) is 0.943. The van der Waals surface area contributed by atoms with Crippen molar-refractivity contribution < 1.29 is 4.79 Å². The van der Waals surface area contributed by atoms with Crippen LogP contribution in [0.2, 0.25) is 5.15 Å². The highest BCUT2D eigenvalue weighted by Gasteiger charge is 2.05. The van der Waals surface area contributed by atoms with Gasteiger partial charge >= 0.3 is 0 Å². The molecule has 1 rings (SSSR count). The van der Waals surface area contributed by atoms with Crippen LogP contribution in [0.5, 0.6) is 0 Å². The molecule has 0 aliphatic heterocycles. The van der Waals surface area contributed by atoms with Crippen LogP contribution in [-0.2, 0) is 0 Å². The first-order valence-corrected chi connectivity index (χ1v) is 4.87. The van der Waals surface area contributed by atoms with Crippen LogP contribution in [0, 0.1) is 5.92 Å². The quantitative estimate of drug-likeness (QED) is 0.780. The normalized spacial score (nSPS) is 10.3. The van der Waals surface area contributed by atoms with E-state index in [4.69, 9.17) is 11.6 Å². The standard InChI is InChI=1S/C10H13ClN2O/c1-7(2)6-13-10(14)8-3-4-12-9(11)5-8/h3-5,7H,6H2,1-2H3,(H,13,14). The lowest BCUT2D eigenvalue weighted by Gasteiger charge is -2.07. The summed E-state index contributed by atoms with van der Waals surface area (Å²) >= 11 is 5.66. The zero-order chi connectivity index (χ0) is 10.6. The van der Waals surface area contributed by atoms with Gasteiger partial charge in [0.2, 0.25) is 0 Å². The van der Waals surface area contributed by atoms with Crippen LogP contribution in [0.25, 0.3) is 0 Å². The molecule has 0 atom stereocenters. The lowest BCUT2D eigenvalue weighted by molar-refractivity contribution is 0.0949. The Hall–Kier alpha value is -1.09. The summed E-state index contributed by atoms with van der Waals surface area (Å²) in [5.41, 5.74) is 0.547. The summed E-state index contributed by atoms with van der Waals surface area (Å²) in [6.45, 7) is 4.75. The molecule has 0 aromatic carbocycles. The average Bonchev–Trinajstić information content (AvgIpc) is 2.14. The summed E-state index contributed by atoms with van der Waals surface area (Å²) in [4.78, 5) is 15.3. The Morgan fingerprint density at radius 1 is 1.64 bits per heavy atom. The Bertz CT molecular complexity index is 326. The molecular weight excluding hydrogens is 200 g/mol. The van der Waals surface area contributed by atoms with E-state index in [1.54, 1.807) is 12.1 Å². The maximum atomic E-state index is 11.5. The highest BCUT2D eigenvalue weighted by Crippen LogP contribution is 2.06. The largest absolute Gasteiger partial charge is 0.352 e. The average molecular weight is 213 g/mol. The second-order valence-electron chi connectivity index (χ2n) is 3.47. The third-order valence-electron chi connectivity index (χ3n) is 1.66. The zero-order valence-electron chi connectivity index (χ0n) is 8.25. The first-order valence-electron chi connectivity index (χ1n) is 4.49. The first kappa shape index (κ1) is 11.0. The number of carbonyl (C=O) groups is 1. The molecule has 0 spiro atoms. The lowest BCUT2D eigenvalue weighted by atomic mass is 10.2. The van der Waals surface area contributed by atoms with Gasteiger partial charge in [-0.05, 0) is 18.1 Å². The minimum atomic E-state index is -0.108. The molecule has 0 aliphatic rings. The van der Waals surface area contributed by atoms with E-state index in [0.29, 0.717) is 23.2 Å². The molecule has 0 saturated heterocycles. The summed E-state index contributed by atoms with van der Waals surface area (Å²) in [7, 11) is 0. The van der Waals surface area contributed by atoms with E-state index in [9.17, 15) is 4.79 Å². The van der Waals surface area contributed by atoms with Gasteiger partial charge in [-0.2, -0.15) is 0 Å². The van der Waals surface area contributed by atoms with Crippen molar-refractivity contribution in [2.75, 3.05) is 6.54 Å². The molecule has 1 aromatic rings. The fraction of sp³-hybridized carbons (Fsp3) is 0.400. The number of rotatable bonds is 3. The first-order chi connectivity index (χ1) is 6.59. The summed E-state index contributed by atoms with van der Waals surface area (Å²) in [5, 5.41) is 3.14. The number of nitrogens with zero attached hydrogens (tertiary/aromatic N) is 1. The van der Waals surface area contributed by atoms with Gasteiger partial charge in [0.1, 0.15) is 5.15 Å². The molecular formula is C10H13ClN2O. The second-order valence-corrected chi connectivity index (χ2v) is 3.86. The Kier molecular flexibility index (Phi) is 3.89. The third kappa shape index (κ3) is 3.34. The van der Waals surface area contributed by atoms with Crippen LogP contribution >= 0.6 is 11.6 Å². The van der Waals surface area contributed by atoms with Crippen LogP contribution in [-0.4, -0.2) is 17.4 Å². The van der Waals surface area contributed by atoms with Crippen molar-refractivity contribution in [3.63, 3.8) is 0 Å². The van der Waals surface area contributed by atoms with E-state index in [0.717, 1.165) is 0 Å². The van der Waals surface area contributed by atoms with Crippen molar-refractivity contribution in [3.8, 4) is 0 Å². The molecule has 0 bridgehead atoms. The maximum Gasteiger partial charge on any atom is 0.251 e. The van der Waals surface area contributed by atoms with Gasteiger partial charge in [-0.15, -0.1) is 0 Å². The van der Waals surface area contributed by atoms with Crippen molar-refractivity contribution >= 4 is 17.5 Å². The second kappa shape index (κ2) is 4.96. The van der Waals surface area contributed by atoms with Gasteiger partial charge in [-0.1, -0.05) is 25.4 Å². The Balaban J connectivity index is 2.61. The topological polar surface area (TPSA) is 42.0 Å². The summed E-state index contributed by atoms with van der Waals surface area (Å²) in [6, 6.07) is 3.19. The van der Waals surface area contributed by atoms with E-state index in [1.165, 1.54) is 6.20 Å². The van der Waals surface area contributed by atoms with Gasteiger partial charge in [0.05, 0.1) is 0 Å². The van der Waals surface area contributed by atoms with Crippen LogP contribution < -0.4 is 5.32 Å². The smallest absolute Gasteiger partial charge is 0.251 e. The summed E-state index contributed by atoms with van der Waals surface area (Å²) in [6.07, 6.45) is 1.52. The van der Waals surface area contributed by atoms with Crippen LogP contribution in [0.3, 0.4) is 0 Å². The number of halogens is 1. The van der Waals surface area contributed by atoms with Crippen molar-refractivity contribution in [3.05, 3.63) is 29.0 Å². The van der Waals surface area contributed by atoms with E-state index in [1.807, 2.05) is 13.8 Å². The van der Waals surface area contributed by atoms with E-state index >= 15 is 0 Å². The number of amides is 1. The number of hydrogen-bond donors (Lipinski definition) is 1. The predicted molar refractivity (Wildman–Crippen MR) is 56.4 cm³/mol. The number of pyridine rings is 1. The Labute approximate surface area is 88.5 Å². The molecule has 0 radical (unpaired) electrons. The number of carbonyl (C=O) groups excluding carboxylic acids is 1. The van der Waals surface area contributed by atoms with Gasteiger partial charge < -0.3 is 5.32 Å². The SMILES string of the molecule is CC(C)CNC(=O)c1ccnc(Cl)c1. The van der Waals surface area contributed by atoms with Crippen LogP contribution in [0.4, 0.5) is 0 Å². The van der Waals surface area contributed by atoms with Gasteiger partial charge in [0.15, 0.2) is 0 Å². The van der Waals surface area contributed by atoms with Crippen LogP contribution in [0.15, 0.2) is 18.3 Å². The van der Waals surface area contributed by atoms with Gasteiger partial charge in [0.25, 0.3) is 5.91 Å². The Morgan fingerprint density at radius 3 is 2.93 bits per heavy atom. The van der Waals surface area contributed by atoms with Gasteiger partial charge in [0, 0.05) is 18.3 Å². The molecule has 1 N–H and O–H groups in total. The van der Waals surface area contributed by atoms with Crippen molar-refractivity contribution in [1.29, 1.82) is 0 Å². The molecule has 1 aromatic heterocycles. The lowest BCUT2D eigenvalue weighted by Crippen LogP contribution is -2.27. The molecule has 76 valence electrons. The third-order valence-corrected chi connectivity index (χ3v) is 1.87. The fourth-order valence-corrected chi connectivity index (χ4v) is 1.12. The monoisotopic (exact) mass is 212 g/mol. The molecule has 4 heteroatoms. The van der Waals surface area contributed by atoms with E-state index < -0.39 is 0 Å². The molecule has 0 aliphatic carbocycles. The molecule has 3 nitrogen and oxygen atoms in total. The summed E-state index contributed by atoms with van der Waals surface area (Å²) in [5.74, 6) is 0.333. The number of nitrogens with one attached hydrogen (secondary N) is 1. The highest BCUT2D eigenvalue weighted by molar-refractivity contribution is 6.29. The number of aromatic nitrogens is 1. The molecule has 1 heterocycles. The minimum absolute atomic E-state index is 0.108. The molecule has 0 unspecified atom stereocenters. The highest BCUT2D eigenvalue weighted by atomic mass is 35.5. The summed E-state index contributed by atoms with van der Waals surface area (Å²) < 4.78 is 0. The number of hydrogen-bond acceptors (Lipinski definition) is 2. The van der Waals surface area contributed by atoms with Gasteiger partial charge in [-0.25, -0.2) is 4.98 Å². The zero-order valence-corrected chi connectivity index (χ0v) is 9.01. The van der Waals surface area contributed by atoms with Crippen molar-refractivity contribution in [1.82, 2.24) is 10.3 Å². The van der Waals surface area contributed by atoms with Crippen molar-refractivity contribution in [2.24, 2.45) is 5.92 Å². The maximum absolute atomic E-state index is 11.5. The minimum Gasteiger partial charge on any atom is -0.352 e. The predicted octanol–water partition coefficient (Wildman–Crippen LogP) is 2.12. The van der Waals surface area contributed by atoms with E-state index in [-0.39, 0.29) is 5.91 Å². The molecule has 0 saturated carbocycles.